The minimum atomic E-state index is 0.660. The lowest BCUT2D eigenvalue weighted by molar-refractivity contribution is 0.200. The van der Waals surface area contributed by atoms with E-state index < -0.39 is 0 Å². The van der Waals surface area contributed by atoms with Gasteiger partial charge in [0, 0.05) is 26.0 Å². The fourth-order valence-corrected chi connectivity index (χ4v) is 2.52. The Bertz CT molecular complexity index is 516. The van der Waals surface area contributed by atoms with Crippen molar-refractivity contribution in [2.24, 2.45) is 0 Å². The number of nitrogens with one attached hydrogen (secondary N) is 2. The number of thioether (sulfide) groups is 1. The molecule has 19 heavy (non-hydrogen) atoms. The molecule has 0 saturated carbocycles. The minimum Gasteiger partial charge on any atom is -0.385 e. The molecule has 0 amide bonds. The molecule has 0 spiro atoms. The van der Waals surface area contributed by atoms with Crippen molar-refractivity contribution in [2.45, 2.75) is 24.8 Å². The average molecular weight is 281 g/mol. The van der Waals surface area contributed by atoms with E-state index in [1.165, 1.54) is 0 Å². The van der Waals surface area contributed by atoms with Gasteiger partial charge in [0.25, 0.3) is 0 Å². The highest BCUT2D eigenvalue weighted by Crippen LogP contribution is 2.25. The molecule has 2 rings (SSSR count). The van der Waals surface area contributed by atoms with E-state index in [2.05, 4.69) is 32.4 Å². The van der Waals surface area contributed by atoms with Crippen molar-refractivity contribution in [1.82, 2.24) is 20.2 Å². The predicted molar refractivity (Wildman–Crippen MR) is 77.7 cm³/mol. The van der Waals surface area contributed by atoms with E-state index in [0.29, 0.717) is 5.95 Å². The van der Waals surface area contributed by atoms with E-state index >= 15 is 0 Å². The van der Waals surface area contributed by atoms with E-state index in [1.807, 2.05) is 0 Å². The summed E-state index contributed by atoms with van der Waals surface area (Å²) in [4.78, 5) is 8.95. The molecule has 2 aromatic rings. The molecule has 0 bridgehead atoms. The third-order valence-electron chi connectivity index (χ3n) is 2.54. The maximum absolute atomic E-state index is 5.05. The lowest BCUT2D eigenvalue weighted by Gasteiger charge is -2.06. The Morgan fingerprint density at radius 1 is 1.42 bits per heavy atom. The molecule has 2 aromatic heterocycles. The molecule has 0 aliphatic carbocycles. The van der Waals surface area contributed by atoms with Gasteiger partial charge in [-0.25, -0.2) is 4.98 Å². The molecule has 0 saturated heterocycles. The summed E-state index contributed by atoms with van der Waals surface area (Å²) in [6.45, 7) is 3.75. The number of hydrogen-bond acceptors (Lipinski definition) is 6. The maximum atomic E-state index is 5.05. The second-order valence-corrected chi connectivity index (χ2v) is 5.19. The highest BCUT2D eigenvalue weighted by molar-refractivity contribution is 7.99. The minimum absolute atomic E-state index is 0.660. The third-order valence-corrected chi connectivity index (χ3v) is 3.62. The van der Waals surface area contributed by atoms with Gasteiger partial charge in [-0.05, 0) is 12.8 Å². The Morgan fingerprint density at radius 2 is 2.32 bits per heavy atom. The van der Waals surface area contributed by atoms with Crippen molar-refractivity contribution < 1.29 is 4.74 Å². The Hall–Kier alpha value is -1.34. The van der Waals surface area contributed by atoms with Gasteiger partial charge in [0.1, 0.15) is 5.03 Å². The van der Waals surface area contributed by atoms with Crippen LogP contribution >= 0.6 is 11.8 Å². The molecular formula is C12H19N5OS. The topological polar surface area (TPSA) is 75.7 Å². The van der Waals surface area contributed by atoms with Crippen LogP contribution in [0.5, 0.6) is 0 Å². The van der Waals surface area contributed by atoms with Crippen LogP contribution in [0.3, 0.4) is 0 Å². The zero-order valence-electron chi connectivity index (χ0n) is 11.3. The summed E-state index contributed by atoms with van der Waals surface area (Å²) >= 11 is 1.71. The summed E-state index contributed by atoms with van der Waals surface area (Å²) in [6.07, 6.45) is 3.82. The van der Waals surface area contributed by atoms with Crippen molar-refractivity contribution in [2.75, 3.05) is 31.3 Å². The zero-order chi connectivity index (χ0) is 13.5. The van der Waals surface area contributed by atoms with E-state index in [4.69, 9.17) is 4.74 Å². The summed E-state index contributed by atoms with van der Waals surface area (Å²) in [6, 6.07) is 0. The van der Waals surface area contributed by atoms with Crippen molar-refractivity contribution in [3.63, 3.8) is 0 Å². The molecule has 2 heterocycles. The number of aromatic nitrogens is 4. The van der Waals surface area contributed by atoms with Crippen molar-refractivity contribution in [1.29, 1.82) is 0 Å². The summed E-state index contributed by atoms with van der Waals surface area (Å²) in [5.41, 5.74) is 0.780. The summed E-state index contributed by atoms with van der Waals surface area (Å²) in [5.74, 6) is 1.63. The van der Waals surface area contributed by atoms with Crippen LogP contribution in [0, 0.1) is 0 Å². The van der Waals surface area contributed by atoms with Gasteiger partial charge in [-0.15, -0.1) is 11.8 Å². The summed E-state index contributed by atoms with van der Waals surface area (Å²) in [5, 5.41) is 12.1. The maximum Gasteiger partial charge on any atom is 0.225 e. The zero-order valence-corrected chi connectivity index (χ0v) is 12.1. The first kappa shape index (κ1) is 14.1. The lowest BCUT2D eigenvalue weighted by Crippen LogP contribution is -2.05. The first-order valence-electron chi connectivity index (χ1n) is 6.42. The number of rotatable bonds is 8. The Morgan fingerprint density at radius 3 is 3.11 bits per heavy atom. The molecule has 0 unspecified atom stereocenters. The summed E-state index contributed by atoms with van der Waals surface area (Å²) in [7, 11) is 1.72. The smallest absolute Gasteiger partial charge is 0.225 e. The van der Waals surface area contributed by atoms with Crippen LogP contribution in [0.25, 0.3) is 11.0 Å². The second-order valence-electron chi connectivity index (χ2n) is 4.11. The van der Waals surface area contributed by atoms with E-state index in [9.17, 15) is 0 Å². The van der Waals surface area contributed by atoms with Crippen LogP contribution in [-0.4, -0.2) is 46.2 Å². The number of ether oxygens (including phenoxy) is 1. The largest absolute Gasteiger partial charge is 0.385 e. The van der Waals surface area contributed by atoms with Crippen molar-refractivity contribution in [3.8, 4) is 0 Å². The first-order chi connectivity index (χ1) is 9.35. The standard InChI is InChI=1S/C12H19N5OS/c1-3-5-13-12-15-10-9(8-14-17-10)11(16-12)19-7-4-6-18-2/h8H,3-7H2,1-2H3,(H2,13,14,15,16,17). The molecule has 0 fully saturated rings. The van der Waals surface area contributed by atoms with Gasteiger partial charge in [-0.2, -0.15) is 10.1 Å². The molecule has 0 aliphatic rings. The van der Waals surface area contributed by atoms with Crippen LogP contribution in [0.1, 0.15) is 19.8 Å². The van der Waals surface area contributed by atoms with Crippen LogP contribution in [0.15, 0.2) is 11.2 Å². The molecule has 7 heteroatoms. The van der Waals surface area contributed by atoms with Crippen molar-refractivity contribution in [3.05, 3.63) is 6.20 Å². The highest BCUT2D eigenvalue weighted by atomic mass is 32.2. The monoisotopic (exact) mass is 281 g/mol. The van der Waals surface area contributed by atoms with Gasteiger partial charge in [0.2, 0.25) is 5.95 Å². The highest BCUT2D eigenvalue weighted by Gasteiger charge is 2.09. The number of fused-ring (bicyclic) bond motifs is 1. The van der Waals surface area contributed by atoms with E-state index in [0.717, 1.165) is 47.8 Å². The second kappa shape index (κ2) is 7.30. The van der Waals surface area contributed by atoms with Gasteiger partial charge in [-0.1, -0.05) is 6.92 Å². The average Bonchev–Trinajstić information content (AvgIpc) is 2.89. The van der Waals surface area contributed by atoms with Gasteiger partial charge in [0.05, 0.1) is 11.6 Å². The molecule has 2 N–H and O–H groups in total. The van der Waals surface area contributed by atoms with Crippen molar-refractivity contribution >= 4 is 28.7 Å². The summed E-state index contributed by atoms with van der Waals surface area (Å²) < 4.78 is 5.05. The number of methoxy groups -OCH3 is 1. The molecule has 0 aliphatic heterocycles. The van der Waals surface area contributed by atoms with E-state index in [-0.39, 0.29) is 0 Å². The van der Waals surface area contributed by atoms with Gasteiger partial charge < -0.3 is 10.1 Å². The number of hydrogen-bond donors (Lipinski definition) is 2. The molecule has 104 valence electrons. The number of H-pyrrole nitrogens is 1. The fourth-order valence-electron chi connectivity index (χ4n) is 1.61. The number of aromatic amines is 1. The molecule has 0 atom stereocenters. The molecule has 6 nitrogen and oxygen atoms in total. The molecular weight excluding hydrogens is 262 g/mol. The molecule has 0 radical (unpaired) electrons. The van der Waals surface area contributed by atoms with Gasteiger partial charge in [0.15, 0.2) is 5.65 Å². The normalized spacial score (nSPS) is 11.1. The Kier molecular flexibility index (Phi) is 5.41. The molecule has 0 aromatic carbocycles. The van der Waals surface area contributed by atoms with Crippen LogP contribution in [0.4, 0.5) is 5.95 Å². The van der Waals surface area contributed by atoms with Gasteiger partial charge in [-0.3, -0.25) is 5.10 Å². The number of nitrogens with zero attached hydrogens (tertiary/aromatic N) is 3. The Labute approximate surface area is 116 Å². The predicted octanol–water partition coefficient (Wildman–Crippen LogP) is 2.30. The van der Waals surface area contributed by atoms with E-state index in [1.54, 1.807) is 25.1 Å². The lowest BCUT2D eigenvalue weighted by atomic mass is 10.4. The van der Waals surface area contributed by atoms with Crippen LogP contribution in [0.2, 0.25) is 0 Å². The van der Waals surface area contributed by atoms with Crippen LogP contribution in [-0.2, 0) is 4.74 Å². The Balaban J connectivity index is 2.12. The van der Waals surface area contributed by atoms with Gasteiger partial charge >= 0.3 is 0 Å². The fraction of sp³-hybridized carbons (Fsp3) is 0.583. The third kappa shape index (κ3) is 3.81. The number of anilines is 1. The van der Waals surface area contributed by atoms with Crippen LogP contribution < -0.4 is 5.32 Å². The quantitative estimate of drug-likeness (QED) is 0.439. The SMILES string of the molecule is CCCNc1nc(SCCCOC)c2cn[nH]c2n1. The first-order valence-corrected chi connectivity index (χ1v) is 7.40.